The molecule has 3 aromatic rings. The molecule has 1 aliphatic heterocycles. The number of nitrogens with one attached hydrogen (secondary N) is 1. The average Bonchev–Trinajstić information content (AvgIpc) is 3.03. The zero-order chi connectivity index (χ0) is 22.0. The molecule has 0 saturated carbocycles. The van der Waals surface area contributed by atoms with Crippen LogP contribution in [-0.2, 0) is 6.54 Å². The van der Waals surface area contributed by atoms with Crippen LogP contribution >= 0.6 is 27.7 Å². The average molecular weight is 499 g/mol. The molecule has 31 heavy (non-hydrogen) atoms. The number of aryl methyl sites for hydroxylation is 2. The number of rotatable bonds is 5. The van der Waals surface area contributed by atoms with E-state index in [1.807, 2.05) is 60.6 Å². The van der Waals surface area contributed by atoms with Crippen molar-refractivity contribution in [3.05, 3.63) is 75.0 Å². The summed E-state index contributed by atoms with van der Waals surface area (Å²) in [5, 5.41) is 7.60. The Labute approximate surface area is 196 Å². The number of amides is 1. The minimum atomic E-state index is -0.106. The Hall–Kier alpha value is -2.09. The lowest BCUT2D eigenvalue weighted by molar-refractivity contribution is 0.102. The summed E-state index contributed by atoms with van der Waals surface area (Å²) in [4.78, 5) is 15.3. The second-order valence-electron chi connectivity index (χ2n) is 7.94. The van der Waals surface area contributed by atoms with Gasteiger partial charge < -0.3 is 5.32 Å². The third kappa shape index (κ3) is 5.05. The quantitative estimate of drug-likeness (QED) is 0.514. The number of hydrogen-bond acceptors (Lipinski definition) is 4. The lowest BCUT2D eigenvalue weighted by Gasteiger charge is -2.26. The molecule has 1 saturated heterocycles. The van der Waals surface area contributed by atoms with Gasteiger partial charge in [-0.25, -0.2) is 4.68 Å². The second-order valence-corrected chi connectivity index (χ2v) is 9.95. The van der Waals surface area contributed by atoms with E-state index in [1.165, 1.54) is 17.1 Å². The minimum Gasteiger partial charge on any atom is -0.322 e. The van der Waals surface area contributed by atoms with Crippen LogP contribution in [0.5, 0.6) is 0 Å². The minimum absolute atomic E-state index is 0.106. The highest BCUT2D eigenvalue weighted by Crippen LogP contribution is 2.24. The monoisotopic (exact) mass is 498 g/mol. The van der Waals surface area contributed by atoms with Gasteiger partial charge in [-0.2, -0.15) is 16.9 Å². The highest BCUT2D eigenvalue weighted by atomic mass is 79.9. The van der Waals surface area contributed by atoms with Crippen molar-refractivity contribution in [3.63, 3.8) is 0 Å². The van der Waals surface area contributed by atoms with Gasteiger partial charge in [0.25, 0.3) is 5.91 Å². The van der Waals surface area contributed by atoms with Crippen molar-refractivity contribution in [1.82, 2.24) is 14.7 Å². The van der Waals surface area contributed by atoms with Crippen molar-refractivity contribution in [2.24, 2.45) is 0 Å². The summed E-state index contributed by atoms with van der Waals surface area (Å²) in [6, 6.07) is 13.8. The summed E-state index contributed by atoms with van der Waals surface area (Å²) in [5.41, 5.74) is 6.77. The highest BCUT2D eigenvalue weighted by molar-refractivity contribution is 9.10. The fourth-order valence-electron chi connectivity index (χ4n) is 3.81. The molecule has 0 radical (unpaired) electrons. The Bertz CT molecular complexity index is 1090. The maximum atomic E-state index is 12.8. The van der Waals surface area contributed by atoms with Crippen LogP contribution in [0.2, 0.25) is 0 Å². The van der Waals surface area contributed by atoms with Crippen LogP contribution in [0.15, 0.2) is 46.9 Å². The molecule has 0 bridgehead atoms. The third-order valence-corrected chi connectivity index (χ3v) is 7.72. The van der Waals surface area contributed by atoms with Gasteiger partial charge in [0.05, 0.1) is 21.5 Å². The molecule has 0 unspecified atom stereocenters. The fourth-order valence-corrected chi connectivity index (χ4v) is 5.03. The number of hydrogen-bond donors (Lipinski definition) is 1. The first-order chi connectivity index (χ1) is 14.9. The van der Waals surface area contributed by atoms with Crippen molar-refractivity contribution < 1.29 is 4.79 Å². The molecule has 5 nitrogen and oxygen atoms in total. The van der Waals surface area contributed by atoms with Crippen molar-refractivity contribution in [2.45, 2.75) is 27.3 Å². The summed E-state index contributed by atoms with van der Waals surface area (Å²) in [7, 11) is 0. The first-order valence-corrected chi connectivity index (χ1v) is 12.4. The van der Waals surface area contributed by atoms with Gasteiger partial charge in [-0.1, -0.05) is 12.1 Å². The molecule has 1 fully saturated rings. The molecule has 2 aromatic carbocycles. The summed E-state index contributed by atoms with van der Waals surface area (Å²) in [6.45, 7) is 9.30. The summed E-state index contributed by atoms with van der Waals surface area (Å²) >= 11 is 5.59. The number of halogens is 1. The smallest absolute Gasteiger partial charge is 0.255 e. The van der Waals surface area contributed by atoms with E-state index in [0.717, 1.165) is 52.4 Å². The predicted octanol–water partition coefficient (Wildman–Crippen LogP) is 5.36. The summed E-state index contributed by atoms with van der Waals surface area (Å²) in [6.07, 6.45) is 0. The van der Waals surface area contributed by atoms with Crippen molar-refractivity contribution in [1.29, 1.82) is 0 Å². The predicted molar refractivity (Wildman–Crippen MR) is 132 cm³/mol. The van der Waals surface area contributed by atoms with Crippen LogP contribution in [0, 0.1) is 20.8 Å². The van der Waals surface area contributed by atoms with Gasteiger partial charge in [-0.15, -0.1) is 0 Å². The van der Waals surface area contributed by atoms with E-state index >= 15 is 0 Å². The normalized spacial score (nSPS) is 14.6. The Kier molecular flexibility index (Phi) is 6.84. The molecule has 0 aliphatic carbocycles. The SMILES string of the molecule is Cc1cc(CN2CCSCC2)ccc1NC(=O)c1ccc(-n2nc(C)c(Br)c2C)cc1. The van der Waals surface area contributed by atoms with Gasteiger partial charge in [0.2, 0.25) is 0 Å². The first kappa shape index (κ1) is 22.1. The highest BCUT2D eigenvalue weighted by Gasteiger charge is 2.14. The van der Waals surface area contributed by atoms with Gasteiger partial charge in [0.15, 0.2) is 0 Å². The van der Waals surface area contributed by atoms with Crippen molar-refractivity contribution in [2.75, 3.05) is 29.9 Å². The second kappa shape index (κ2) is 9.59. The molecule has 7 heteroatoms. The number of thioether (sulfide) groups is 1. The molecule has 1 aromatic heterocycles. The summed E-state index contributed by atoms with van der Waals surface area (Å²) < 4.78 is 2.89. The van der Waals surface area contributed by atoms with Crippen molar-refractivity contribution >= 4 is 39.3 Å². The molecule has 1 N–H and O–H groups in total. The maximum absolute atomic E-state index is 12.8. The van der Waals surface area contributed by atoms with E-state index < -0.39 is 0 Å². The van der Waals surface area contributed by atoms with Crippen LogP contribution < -0.4 is 5.32 Å². The van der Waals surface area contributed by atoms with E-state index in [-0.39, 0.29) is 5.91 Å². The number of carbonyl (C=O) groups is 1. The number of aromatic nitrogens is 2. The number of anilines is 1. The Morgan fingerprint density at radius 3 is 2.42 bits per heavy atom. The molecule has 1 aliphatic rings. The van der Waals surface area contributed by atoms with Gasteiger partial charge in [-0.3, -0.25) is 9.69 Å². The van der Waals surface area contributed by atoms with Crippen LogP contribution in [0.25, 0.3) is 5.69 Å². The van der Waals surface area contributed by atoms with Crippen molar-refractivity contribution in [3.8, 4) is 5.69 Å². The van der Waals surface area contributed by atoms with Crippen LogP contribution in [-0.4, -0.2) is 45.2 Å². The van der Waals surface area contributed by atoms with Gasteiger partial charge >= 0.3 is 0 Å². The Morgan fingerprint density at radius 1 is 1.10 bits per heavy atom. The maximum Gasteiger partial charge on any atom is 0.255 e. The zero-order valence-electron chi connectivity index (χ0n) is 18.1. The molecule has 2 heterocycles. The third-order valence-electron chi connectivity index (χ3n) is 5.63. The molecule has 0 atom stereocenters. The van der Waals surface area contributed by atoms with E-state index in [1.54, 1.807) is 0 Å². The lowest BCUT2D eigenvalue weighted by Crippen LogP contribution is -2.31. The summed E-state index contributed by atoms with van der Waals surface area (Å²) in [5.74, 6) is 2.32. The molecule has 162 valence electrons. The Balaban J connectivity index is 1.43. The fraction of sp³-hybridized carbons (Fsp3) is 0.333. The number of carbonyl (C=O) groups excluding carboxylic acids is 1. The van der Waals surface area contributed by atoms with E-state index in [0.29, 0.717) is 5.56 Å². The van der Waals surface area contributed by atoms with Crippen LogP contribution in [0.1, 0.15) is 32.9 Å². The van der Waals surface area contributed by atoms with E-state index in [2.05, 4.69) is 50.3 Å². The molecule has 1 amide bonds. The largest absolute Gasteiger partial charge is 0.322 e. The van der Waals surface area contributed by atoms with Crippen LogP contribution in [0.4, 0.5) is 5.69 Å². The zero-order valence-corrected chi connectivity index (χ0v) is 20.5. The van der Waals surface area contributed by atoms with Gasteiger partial charge in [0, 0.05) is 42.4 Å². The van der Waals surface area contributed by atoms with Gasteiger partial charge in [0.1, 0.15) is 0 Å². The van der Waals surface area contributed by atoms with Crippen LogP contribution in [0.3, 0.4) is 0 Å². The topological polar surface area (TPSA) is 50.2 Å². The molecular weight excluding hydrogens is 472 g/mol. The standard InChI is InChI=1S/C24H27BrN4OS/c1-16-14-19(15-28-10-12-31-13-11-28)4-9-22(16)26-24(30)20-5-7-21(8-6-20)29-18(3)23(25)17(2)27-29/h4-9,14H,10-13,15H2,1-3H3,(H,26,30). The van der Waals surface area contributed by atoms with E-state index in [9.17, 15) is 4.79 Å². The first-order valence-electron chi connectivity index (χ1n) is 10.5. The number of nitrogens with zero attached hydrogens (tertiary/aromatic N) is 3. The Morgan fingerprint density at radius 2 is 1.81 bits per heavy atom. The molecule has 0 spiro atoms. The van der Waals surface area contributed by atoms with E-state index in [4.69, 9.17) is 0 Å². The lowest BCUT2D eigenvalue weighted by atomic mass is 10.1. The van der Waals surface area contributed by atoms with Gasteiger partial charge in [-0.05, 0) is 78.2 Å². The molecule has 4 rings (SSSR count). The molecular formula is C24H27BrN4OS. The number of benzene rings is 2.